The van der Waals surface area contributed by atoms with Crippen molar-refractivity contribution in [1.82, 2.24) is 4.90 Å². The van der Waals surface area contributed by atoms with Crippen molar-refractivity contribution in [2.45, 2.75) is 24.5 Å². The van der Waals surface area contributed by atoms with Gasteiger partial charge in [0.15, 0.2) is 0 Å². The fraction of sp³-hybridized carbons (Fsp3) is 0.200. The zero-order valence-corrected chi connectivity index (χ0v) is 19.7. The smallest absolute Gasteiger partial charge is 0.307 e. The molecule has 4 rings (SSSR count). The van der Waals surface area contributed by atoms with E-state index < -0.39 is 34.8 Å². The quantitative estimate of drug-likeness (QED) is 0.614. The number of nitriles is 1. The minimum atomic E-state index is -1.02. The number of rotatable bonds is 5. The SMILES string of the molecule is COC(=O)C[C@H]1SC2=C(C(=O)Nc3ccc(C)cc3)[C@H](c3cccc(F)c3)C(C#N)=C(N)N2C1=O. The van der Waals surface area contributed by atoms with E-state index in [9.17, 15) is 24.0 Å². The Bertz CT molecular complexity index is 1330. The lowest BCUT2D eigenvalue weighted by Gasteiger charge is -2.32. The first-order chi connectivity index (χ1) is 16.7. The van der Waals surface area contributed by atoms with E-state index >= 15 is 0 Å². The van der Waals surface area contributed by atoms with Crippen LogP contribution < -0.4 is 11.1 Å². The van der Waals surface area contributed by atoms with Gasteiger partial charge in [0.05, 0.1) is 41.7 Å². The van der Waals surface area contributed by atoms with Crippen LogP contribution in [0.25, 0.3) is 0 Å². The van der Waals surface area contributed by atoms with E-state index in [1.165, 1.54) is 25.3 Å². The number of amides is 2. The number of aryl methyl sites for hydroxylation is 1. The molecule has 2 aromatic rings. The molecule has 2 aliphatic heterocycles. The fourth-order valence-electron chi connectivity index (χ4n) is 4.00. The van der Waals surface area contributed by atoms with Gasteiger partial charge in [-0.25, -0.2) is 4.39 Å². The largest absolute Gasteiger partial charge is 0.469 e. The topological polar surface area (TPSA) is 126 Å². The van der Waals surface area contributed by atoms with Crippen LogP contribution in [0.1, 0.15) is 23.5 Å². The van der Waals surface area contributed by atoms with Crippen LogP contribution in [-0.4, -0.2) is 35.0 Å². The molecule has 1 saturated heterocycles. The third kappa shape index (κ3) is 4.50. The molecule has 3 N–H and O–H groups in total. The summed E-state index contributed by atoms with van der Waals surface area (Å²) in [4.78, 5) is 39.8. The van der Waals surface area contributed by atoms with Crippen LogP contribution in [0.4, 0.5) is 10.1 Å². The van der Waals surface area contributed by atoms with Crippen LogP contribution in [0, 0.1) is 24.1 Å². The number of allylic oxidation sites excluding steroid dienone is 1. The number of hydrogen-bond donors (Lipinski definition) is 2. The summed E-state index contributed by atoms with van der Waals surface area (Å²) in [6, 6.07) is 14.6. The van der Waals surface area contributed by atoms with Crippen molar-refractivity contribution in [3.05, 3.63) is 87.5 Å². The van der Waals surface area contributed by atoms with E-state index in [1.54, 1.807) is 18.2 Å². The number of esters is 1. The summed E-state index contributed by atoms with van der Waals surface area (Å²) in [7, 11) is 1.21. The molecule has 0 unspecified atom stereocenters. The molecule has 2 heterocycles. The van der Waals surface area contributed by atoms with Crippen molar-refractivity contribution in [3.63, 3.8) is 0 Å². The van der Waals surface area contributed by atoms with Gasteiger partial charge in [-0.2, -0.15) is 5.26 Å². The second-order valence-corrected chi connectivity index (χ2v) is 9.19. The maximum Gasteiger partial charge on any atom is 0.307 e. The Kier molecular flexibility index (Phi) is 6.62. The molecule has 1 fully saturated rings. The predicted molar refractivity (Wildman–Crippen MR) is 128 cm³/mol. The molecule has 0 bridgehead atoms. The number of ether oxygens (including phenoxy) is 1. The van der Waals surface area contributed by atoms with Gasteiger partial charge in [0.2, 0.25) is 5.91 Å². The lowest BCUT2D eigenvalue weighted by molar-refractivity contribution is -0.142. The molecular formula is C25H21FN4O4S. The number of benzene rings is 2. The number of nitrogens with one attached hydrogen (secondary N) is 1. The number of carbonyl (C=O) groups is 3. The Labute approximate surface area is 205 Å². The van der Waals surface area contributed by atoms with Crippen molar-refractivity contribution in [2.75, 3.05) is 12.4 Å². The van der Waals surface area contributed by atoms with Crippen molar-refractivity contribution < 1.29 is 23.5 Å². The van der Waals surface area contributed by atoms with E-state index in [0.717, 1.165) is 22.2 Å². The third-order valence-electron chi connectivity index (χ3n) is 5.71. The Balaban J connectivity index is 1.87. The van der Waals surface area contributed by atoms with Gasteiger partial charge in [-0.05, 0) is 36.8 Å². The molecule has 10 heteroatoms. The van der Waals surface area contributed by atoms with Gasteiger partial charge in [-0.15, -0.1) is 0 Å². The van der Waals surface area contributed by atoms with Gasteiger partial charge >= 0.3 is 5.97 Å². The molecule has 2 atom stereocenters. The Hall–Kier alpha value is -4.10. The number of nitrogens with two attached hydrogens (primary N) is 1. The number of thioether (sulfide) groups is 1. The third-order valence-corrected chi connectivity index (χ3v) is 6.99. The van der Waals surface area contributed by atoms with Gasteiger partial charge in [-0.3, -0.25) is 19.3 Å². The number of halogens is 1. The highest BCUT2D eigenvalue weighted by Gasteiger charge is 2.48. The van der Waals surface area contributed by atoms with Gasteiger partial charge in [0, 0.05) is 5.69 Å². The van der Waals surface area contributed by atoms with Gasteiger partial charge in [0.25, 0.3) is 5.91 Å². The Morgan fingerprint density at radius 1 is 1.26 bits per heavy atom. The van der Waals surface area contributed by atoms with Gasteiger partial charge in [0.1, 0.15) is 16.9 Å². The molecule has 178 valence electrons. The summed E-state index contributed by atoms with van der Waals surface area (Å²) < 4.78 is 18.9. The van der Waals surface area contributed by atoms with Crippen LogP contribution in [-0.2, 0) is 19.1 Å². The van der Waals surface area contributed by atoms with Crippen LogP contribution in [0.3, 0.4) is 0 Å². The second kappa shape index (κ2) is 9.64. The zero-order valence-electron chi connectivity index (χ0n) is 18.9. The summed E-state index contributed by atoms with van der Waals surface area (Å²) in [5.41, 5.74) is 8.08. The lowest BCUT2D eigenvalue weighted by Crippen LogP contribution is -2.39. The van der Waals surface area contributed by atoms with Crippen molar-refractivity contribution in [3.8, 4) is 6.07 Å². The van der Waals surface area contributed by atoms with Crippen molar-refractivity contribution in [2.24, 2.45) is 5.73 Å². The first-order valence-electron chi connectivity index (χ1n) is 10.6. The van der Waals surface area contributed by atoms with E-state index in [1.807, 2.05) is 25.1 Å². The Morgan fingerprint density at radius 2 is 1.97 bits per heavy atom. The summed E-state index contributed by atoms with van der Waals surface area (Å²) in [5.74, 6) is -3.46. The molecule has 0 aromatic heterocycles. The average Bonchev–Trinajstić information content (AvgIpc) is 3.15. The number of carbonyl (C=O) groups excluding carboxylic acids is 3. The molecule has 2 amide bonds. The molecule has 0 spiro atoms. The molecule has 2 aliphatic rings. The fourth-order valence-corrected chi connectivity index (χ4v) is 5.33. The van der Waals surface area contributed by atoms with Crippen molar-refractivity contribution >= 4 is 35.2 Å². The monoisotopic (exact) mass is 492 g/mol. The number of methoxy groups -OCH3 is 1. The predicted octanol–water partition coefficient (Wildman–Crippen LogP) is 3.28. The van der Waals surface area contributed by atoms with E-state index in [4.69, 9.17) is 10.5 Å². The number of nitrogens with zero attached hydrogens (tertiary/aromatic N) is 2. The van der Waals surface area contributed by atoms with Crippen LogP contribution in [0.2, 0.25) is 0 Å². The summed E-state index contributed by atoms with van der Waals surface area (Å²) in [6.07, 6.45) is -0.243. The van der Waals surface area contributed by atoms with E-state index in [-0.39, 0.29) is 28.4 Å². The minimum Gasteiger partial charge on any atom is -0.469 e. The van der Waals surface area contributed by atoms with E-state index in [0.29, 0.717) is 11.3 Å². The van der Waals surface area contributed by atoms with E-state index in [2.05, 4.69) is 5.32 Å². The Morgan fingerprint density at radius 3 is 2.60 bits per heavy atom. The molecule has 0 saturated carbocycles. The van der Waals surface area contributed by atoms with Crippen LogP contribution in [0.5, 0.6) is 0 Å². The molecule has 0 aliphatic carbocycles. The van der Waals surface area contributed by atoms with Gasteiger partial charge in [-0.1, -0.05) is 41.6 Å². The molecular weight excluding hydrogens is 471 g/mol. The average molecular weight is 493 g/mol. The number of anilines is 1. The molecule has 8 nitrogen and oxygen atoms in total. The second-order valence-electron chi connectivity index (χ2n) is 8.00. The highest BCUT2D eigenvalue weighted by molar-refractivity contribution is 8.04. The lowest BCUT2D eigenvalue weighted by atomic mass is 9.82. The number of fused-ring (bicyclic) bond motifs is 1. The summed E-state index contributed by atoms with van der Waals surface area (Å²) in [6.45, 7) is 1.91. The molecule has 0 radical (unpaired) electrons. The minimum absolute atomic E-state index is 0.0626. The number of hydrogen-bond acceptors (Lipinski definition) is 7. The molecule has 2 aromatic carbocycles. The van der Waals surface area contributed by atoms with Crippen LogP contribution >= 0.6 is 11.8 Å². The van der Waals surface area contributed by atoms with Gasteiger partial charge < -0.3 is 15.8 Å². The van der Waals surface area contributed by atoms with Crippen LogP contribution in [0.15, 0.2) is 70.5 Å². The first-order valence-corrected chi connectivity index (χ1v) is 11.5. The summed E-state index contributed by atoms with van der Waals surface area (Å²) >= 11 is 0.992. The maximum absolute atomic E-state index is 14.2. The highest BCUT2D eigenvalue weighted by atomic mass is 32.2. The summed E-state index contributed by atoms with van der Waals surface area (Å²) in [5, 5.41) is 12.1. The highest BCUT2D eigenvalue weighted by Crippen LogP contribution is 2.50. The van der Waals surface area contributed by atoms with Crippen molar-refractivity contribution in [1.29, 1.82) is 5.26 Å². The normalized spacial score (nSPS) is 19.4. The zero-order chi connectivity index (χ0) is 25.3. The first kappa shape index (κ1) is 24.0. The standard InChI is InChI=1S/C25H21FN4O4S/c1-13-6-8-16(9-7-13)29-23(32)21-20(14-4-3-5-15(26)10-14)17(12-27)22(28)30-24(33)18(35-25(21)30)11-19(31)34-2/h3-10,18,20H,11,28H2,1-2H3,(H,29,32)/t18-,20-/m1/s1. The maximum atomic E-state index is 14.2. The molecule has 35 heavy (non-hydrogen) atoms.